The number of hydrogen-bond donors (Lipinski definition) is 4. The number of halogens is 1. The van der Waals surface area contributed by atoms with Crippen LogP contribution in [0.1, 0.15) is 40.4 Å². The summed E-state index contributed by atoms with van der Waals surface area (Å²) in [5.41, 5.74) is 4.16. The Bertz CT molecular complexity index is 1470. The Hall–Kier alpha value is -4.36. The molecular formula is C28H31ClN4O9. The first-order chi connectivity index (χ1) is 19.9. The summed E-state index contributed by atoms with van der Waals surface area (Å²) in [4.78, 5) is 66.5. The van der Waals surface area contributed by atoms with Crippen LogP contribution < -0.4 is 30.7 Å². The van der Waals surface area contributed by atoms with Gasteiger partial charge in [-0.15, -0.1) is 0 Å². The Labute approximate surface area is 246 Å². The number of anilines is 1. The number of carboxylic acid groups (broad SMARTS) is 1. The van der Waals surface area contributed by atoms with Gasteiger partial charge in [-0.3, -0.25) is 19.7 Å². The van der Waals surface area contributed by atoms with Crippen LogP contribution in [-0.2, 0) is 19.1 Å². The summed E-state index contributed by atoms with van der Waals surface area (Å²) in [5.74, 6) is -5.98. The van der Waals surface area contributed by atoms with Gasteiger partial charge in [0.2, 0.25) is 11.8 Å². The number of amides is 4. The maximum absolute atomic E-state index is 14.1. The van der Waals surface area contributed by atoms with Crippen molar-refractivity contribution in [1.29, 1.82) is 0 Å². The van der Waals surface area contributed by atoms with Crippen LogP contribution in [0.2, 0.25) is 5.02 Å². The van der Waals surface area contributed by atoms with Gasteiger partial charge in [0, 0.05) is 23.7 Å². The summed E-state index contributed by atoms with van der Waals surface area (Å²) >= 11 is 6.31. The molecule has 13 nitrogen and oxygen atoms in total. The number of benzene rings is 2. The van der Waals surface area contributed by atoms with Crippen LogP contribution in [0.4, 0.5) is 10.5 Å². The van der Waals surface area contributed by atoms with Crippen molar-refractivity contribution in [2.24, 2.45) is 17.6 Å². The first kappa shape index (κ1) is 30.6. The number of carbonyl (C=O) groups excluding carboxylic acids is 4. The maximum atomic E-state index is 14.1. The van der Waals surface area contributed by atoms with E-state index in [2.05, 4.69) is 10.6 Å². The van der Waals surface area contributed by atoms with E-state index in [9.17, 15) is 29.1 Å². The third kappa shape index (κ3) is 5.09. The highest BCUT2D eigenvalue weighted by Gasteiger charge is 2.68. The average Bonchev–Trinajstić information content (AvgIpc) is 3.44. The van der Waals surface area contributed by atoms with Gasteiger partial charge in [0.05, 0.1) is 38.9 Å². The number of nitrogens with two attached hydrogens (primary N) is 1. The summed E-state index contributed by atoms with van der Waals surface area (Å²) in [6.45, 7) is 1.78. The molecule has 2 aliphatic heterocycles. The van der Waals surface area contributed by atoms with E-state index >= 15 is 0 Å². The van der Waals surface area contributed by atoms with Crippen LogP contribution in [-0.4, -0.2) is 68.3 Å². The first-order valence-electron chi connectivity index (χ1n) is 12.9. The summed E-state index contributed by atoms with van der Waals surface area (Å²) in [7, 11) is 3.89. The van der Waals surface area contributed by atoms with E-state index in [1.807, 2.05) is 0 Å². The molecule has 0 bridgehead atoms. The molecule has 42 heavy (non-hydrogen) atoms. The Morgan fingerprint density at radius 1 is 1.12 bits per heavy atom. The van der Waals surface area contributed by atoms with Crippen molar-refractivity contribution in [1.82, 2.24) is 10.6 Å². The zero-order chi connectivity index (χ0) is 30.9. The number of aryl methyl sites for hydroxylation is 1. The molecule has 4 rings (SSSR count). The number of esters is 1. The fraction of sp³-hybridized carbons (Fsp3) is 0.393. The van der Waals surface area contributed by atoms with Gasteiger partial charge in [0.1, 0.15) is 22.6 Å². The zero-order valence-electron chi connectivity index (χ0n) is 23.4. The number of carboxylic acids is 1. The molecule has 2 aliphatic rings. The largest absolute Gasteiger partial charge is 0.497 e. The van der Waals surface area contributed by atoms with Gasteiger partial charge in [-0.05, 0) is 49.1 Å². The molecule has 224 valence electrons. The number of nitrogens with zero attached hydrogens (tertiary/aromatic N) is 1. The van der Waals surface area contributed by atoms with E-state index in [1.165, 1.54) is 39.5 Å². The lowest BCUT2D eigenvalue weighted by Crippen LogP contribution is -2.56. The highest BCUT2D eigenvalue weighted by molar-refractivity contribution is 6.32. The van der Waals surface area contributed by atoms with Crippen molar-refractivity contribution in [3.63, 3.8) is 0 Å². The summed E-state index contributed by atoms with van der Waals surface area (Å²) in [5, 5.41) is 16.4. The molecule has 2 heterocycles. The standard InChI is InChI=1S/C28H31ClN4O9/c1-13-6-7-14(10-17(13)29)33-23(34)20-21(24(33)35)28(26(37)38,8-5-9-31-27(30)39)32-22(20)16-11-15(40-2)12-18(41-3)19(16)25(36)42-4/h6-7,10-12,20-22,32H,5,8-9H2,1-4H3,(H,37,38)(H3,30,31,39). The minimum Gasteiger partial charge on any atom is -0.497 e. The zero-order valence-corrected chi connectivity index (χ0v) is 24.1. The summed E-state index contributed by atoms with van der Waals surface area (Å²) in [6.07, 6.45) is -0.0717. The van der Waals surface area contributed by atoms with Gasteiger partial charge in [0.15, 0.2) is 0 Å². The van der Waals surface area contributed by atoms with Gasteiger partial charge in [-0.1, -0.05) is 17.7 Å². The second kappa shape index (κ2) is 11.9. The average molecular weight is 603 g/mol. The normalized spacial score (nSPS) is 23.0. The third-order valence-corrected chi connectivity index (χ3v) is 8.19. The molecule has 0 aliphatic carbocycles. The first-order valence-corrected chi connectivity index (χ1v) is 13.3. The number of rotatable bonds is 10. The molecule has 4 atom stereocenters. The van der Waals surface area contributed by atoms with Crippen LogP contribution in [0, 0.1) is 18.8 Å². The van der Waals surface area contributed by atoms with Crippen molar-refractivity contribution in [2.45, 2.75) is 31.3 Å². The lowest BCUT2D eigenvalue weighted by atomic mass is 9.76. The predicted molar refractivity (Wildman–Crippen MR) is 150 cm³/mol. The van der Waals surface area contributed by atoms with Gasteiger partial charge < -0.3 is 30.4 Å². The number of hydrogen-bond acceptors (Lipinski definition) is 9. The Morgan fingerprint density at radius 2 is 1.83 bits per heavy atom. The van der Waals surface area contributed by atoms with Gasteiger partial charge in [-0.2, -0.15) is 0 Å². The maximum Gasteiger partial charge on any atom is 0.341 e. The lowest BCUT2D eigenvalue weighted by Gasteiger charge is -2.31. The SMILES string of the molecule is COC(=O)c1c(OC)cc(OC)cc1C1NC(CCCNC(N)=O)(C(=O)O)C2C(=O)N(c3ccc(C)c(Cl)c3)C(=O)C12. The molecule has 2 saturated heterocycles. The molecule has 0 spiro atoms. The Morgan fingerprint density at radius 3 is 2.40 bits per heavy atom. The van der Waals surface area contributed by atoms with Crippen LogP contribution in [0.3, 0.4) is 0 Å². The lowest BCUT2D eigenvalue weighted by molar-refractivity contribution is -0.149. The number of imide groups is 1. The topological polar surface area (TPSA) is 187 Å². The summed E-state index contributed by atoms with van der Waals surface area (Å²) in [6, 6.07) is 5.61. The van der Waals surface area contributed by atoms with E-state index in [1.54, 1.807) is 19.1 Å². The molecule has 2 fully saturated rings. The minimum absolute atomic E-state index is 0.0217. The van der Waals surface area contributed by atoms with Crippen molar-refractivity contribution >= 4 is 47.1 Å². The number of nitrogens with one attached hydrogen (secondary N) is 2. The van der Waals surface area contributed by atoms with E-state index in [0.717, 1.165) is 4.90 Å². The predicted octanol–water partition coefficient (Wildman–Crippen LogP) is 2.17. The fourth-order valence-corrected chi connectivity index (χ4v) is 5.99. The van der Waals surface area contributed by atoms with Crippen molar-refractivity contribution in [2.75, 3.05) is 32.8 Å². The third-order valence-electron chi connectivity index (χ3n) is 7.78. The van der Waals surface area contributed by atoms with E-state index < -0.39 is 53.2 Å². The quantitative estimate of drug-likeness (QED) is 0.178. The van der Waals surface area contributed by atoms with E-state index in [0.29, 0.717) is 10.6 Å². The van der Waals surface area contributed by atoms with E-state index in [-0.39, 0.29) is 47.7 Å². The number of ether oxygens (including phenoxy) is 3. The molecule has 0 radical (unpaired) electrons. The molecule has 14 heteroatoms. The molecule has 2 aromatic rings. The van der Waals surface area contributed by atoms with Crippen molar-refractivity contribution < 1.29 is 43.3 Å². The number of urea groups is 1. The smallest absolute Gasteiger partial charge is 0.341 e. The monoisotopic (exact) mass is 602 g/mol. The fourth-order valence-electron chi connectivity index (χ4n) is 5.81. The molecule has 5 N–H and O–H groups in total. The number of fused-ring (bicyclic) bond motifs is 1. The van der Waals surface area contributed by atoms with Crippen LogP contribution >= 0.6 is 11.6 Å². The number of aliphatic carboxylic acids is 1. The molecular weight excluding hydrogens is 572 g/mol. The highest BCUT2D eigenvalue weighted by Crippen LogP contribution is 2.53. The molecule has 0 saturated carbocycles. The molecule has 2 aromatic carbocycles. The second-order valence-electron chi connectivity index (χ2n) is 10.0. The minimum atomic E-state index is -1.98. The van der Waals surface area contributed by atoms with Crippen LogP contribution in [0.5, 0.6) is 11.5 Å². The van der Waals surface area contributed by atoms with Gasteiger partial charge in [0.25, 0.3) is 0 Å². The molecule has 4 amide bonds. The molecule has 0 aromatic heterocycles. The van der Waals surface area contributed by atoms with Gasteiger partial charge >= 0.3 is 18.0 Å². The van der Waals surface area contributed by atoms with Crippen LogP contribution in [0.25, 0.3) is 0 Å². The number of carbonyl (C=O) groups is 5. The van der Waals surface area contributed by atoms with Crippen LogP contribution in [0.15, 0.2) is 30.3 Å². The highest BCUT2D eigenvalue weighted by atomic mass is 35.5. The second-order valence-corrected chi connectivity index (χ2v) is 10.4. The van der Waals surface area contributed by atoms with Crippen molar-refractivity contribution in [3.8, 4) is 11.5 Å². The Balaban J connectivity index is 1.93. The number of primary amides is 1. The summed E-state index contributed by atoms with van der Waals surface area (Å²) < 4.78 is 15.8. The van der Waals surface area contributed by atoms with E-state index in [4.69, 9.17) is 31.5 Å². The Kier molecular flexibility index (Phi) is 8.64. The van der Waals surface area contributed by atoms with Gasteiger partial charge in [-0.25, -0.2) is 14.5 Å². The number of methoxy groups -OCH3 is 3. The molecule has 4 unspecified atom stereocenters. The van der Waals surface area contributed by atoms with Crippen molar-refractivity contribution in [3.05, 3.63) is 52.0 Å².